The summed E-state index contributed by atoms with van der Waals surface area (Å²) in [6, 6.07) is 2.09. The van der Waals surface area contributed by atoms with E-state index in [2.05, 4.69) is 16.4 Å². The maximum absolute atomic E-state index is 5.62. The van der Waals surface area contributed by atoms with E-state index in [1.165, 1.54) is 11.1 Å². The van der Waals surface area contributed by atoms with Crippen LogP contribution in [0, 0.1) is 0 Å². The minimum absolute atomic E-state index is 0.310. The van der Waals surface area contributed by atoms with E-state index in [0.717, 1.165) is 49.7 Å². The SMILES string of the molecule is COc1cc2c(c(OC)c1OC)CCCC2C1=NCCN1. The molecule has 0 saturated heterocycles. The number of benzene rings is 1. The van der Waals surface area contributed by atoms with Crippen molar-refractivity contribution >= 4 is 5.84 Å². The topological polar surface area (TPSA) is 52.1 Å². The minimum atomic E-state index is 0.310. The molecular formula is C16H22N2O3. The third kappa shape index (κ3) is 2.30. The second kappa shape index (κ2) is 5.84. The molecule has 0 aromatic heterocycles. The minimum Gasteiger partial charge on any atom is -0.493 e. The first-order valence-electron chi connectivity index (χ1n) is 7.40. The number of fused-ring (bicyclic) bond motifs is 1. The average molecular weight is 290 g/mol. The number of hydrogen-bond acceptors (Lipinski definition) is 5. The zero-order valence-electron chi connectivity index (χ0n) is 12.9. The number of ether oxygens (including phenoxy) is 3. The van der Waals surface area contributed by atoms with Crippen LogP contribution < -0.4 is 19.5 Å². The van der Waals surface area contributed by atoms with Gasteiger partial charge in [-0.15, -0.1) is 0 Å². The molecule has 5 heteroatoms. The summed E-state index contributed by atoms with van der Waals surface area (Å²) in [5, 5.41) is 3.41. The fourth-order valence-electron chi connectivity index (χ4n) is 3.38. The Morgan fingerprint density at radius 3 is 2.57 bits per heavy atom. The van der Waals surface area contributed by atoms with Crippen LogP contribution >= 0.6 is 0 Å². The van der Waals surface area contributed by atoms with Crippen LogP contribution in [0.15, 0.2) is 11.1 Å². The lowest BCUT2D eigenvalue weighted by molar-refractivity contribution is 0.320. The summed E-state index contributed by atoms with van der Waals surface area (Å²) in [7, 11) is 5.00. The highest BCUT2D eigenvalue weighted by Gasteiger charge is 2.31. The lowest BCUT2D eigenvalue weighted by atomic mass is 9.81. The molecule has 1 heterocycles. The summed E-state index contributed by atoms with van der Waals surface area (Å²) in [6.07, 6.45) is 3.24. The van der Waals surface area contributed by atoms with Crippen LogP contribution in [-0.2, 0) is 6.42 Å². The van der Waals surface area contributed by atoms with Crippen LogP contribution in [0.4, 0.5) is 0 Å². The molecule has 3 rings (SSSR count). The molecule has 5 nitrogen and oxygen atoms in total. The van der Waals surface area contributed by atoms with Gasteiger partial charge in [-0.1, -0.05) is 0 Å². The van der Waals surface area contributed by atoms with E-state index in [1.807, 2.05) is 0 Å². The molecule has 0 amide bonds. The van der Waals surface area contributed by atoms with Crippen molar-refractivity contribution in [3.05, 3.63) is 17.2 Å². The molecule has 1 N–H and O–H groups in total. The number of amidine groups is 1. The second-order valence-corrected chi connectivity index (χ2v) is 5.35. The Balaban J connectivity index is 2.13. The molecule has 1 unspecified atom stereocenters. The monoisotopic (exact) mass is 290 g/mol. The first kappa shape index (κ1) is 14.0. The number of rotatable bonds is 4. The van der Waals surface area contributed by atoms with Gasteiger partial charge in [-0.2, -0.15) is 0 Å². The number of methoxy groups -OCH3 is 3. The lowest BCUT2D eigenvalue weighted by Crippen LogP contribution is -2.28. The maximum Gasteiger partial charge on any atom is 0.203 e. The highest BCUT2D eigenvalue weighted by atomic mass is 16.5. The van der Waals surface area contributed by atoms with Gasteiger partial charge < -0.3 is 19.5 Å². The van der Waals surface area contributed by atoms with E-state index >= 15 is 0 Å². The standard InChI is InChI=1S/C16H22N2O3/c1-19-13-9-12-10(14(20-2)15(13)21-3)5-4-6-11(12)16-17-7-8-18-16/h9,11H,4-8H2,1-3H3,(H,17,18). The Kier molecular flexibility index (Phi) is 3.90. The summed E-state index contributed by atoms with van der Waals surface area (Å²) in [4.78, 5) is 4.60. The summed E-state index contributed by atoms with van der Waals surface area (Å²) in [5.41, 5.74) is 2.48. The zero-order chi connectivity index (χ0) is 14.8. The van der Waals surface area contributed by atoms with Crippen LogP contribution in [0.25, 0.3) is 0 Å². The van der Waals surface area contributed by atoms with Crippen molar-refractivity contribution < 1.29 is 14.2 Å². The normalized spacial score (nSPS) is 20.3. The highest BCUT2D eigenvalue weighted by Crippen LogP contribution is 2.47. The van der Waals surface area contributed by atoms with Crippen molar-refractivity contribution in [2.75, 3.05) is 34.4 Å². The lowest BCUT2D eigenvalue weighted by Gasteiger charge is -2.29. The largest absolute Gasteiger partial charge is 0.493 e. The first-order chi connectivity index (χ1) is 10.3. The molecule has 0 fully saturated rings. The average Bonchev–Trinajstić information content (AvgIpc) is 3.06. The van der Waals surface area contributed by atoms with E-state index in [-0.39, 0.29) is 0 Å². The van der Waals surface area contributed by atoms with Gasteiger partial charge in [0.25, 0.3) is 0 Å². The Hall–Kier alpha value is -1.91. The van der Waals surface area contributed by atoms with Gasteiger partial charge in [0.05, 0.1) is 27.9 Å². The molecule has 1 aromatic rings. The van der Waals surface area contributed by atoms with Crippen molar-refractivity contribution in [3.63, 3.8) is 0 Å². The van der Waals surface area contributed by atoms with Crippen molar-refractivity contribution in [3.8, 4) is 17.2 Å². The maximum atomic E-state index is 5.62. The summed E-state index contributed by atoms with van der Waals surface area (Å²) in [5.74, 6) is 3.62. The van der Waals surface area contributed by atoms with E-state index < -0.39 is 0 Å². The first-order valence-corrected chi connectivity index (χ1v) is 7.40. The van der Waals surface area contributed by atoms with Crippen LogP contribution in [-0.4, -0.2) is 40.3 Å². The quantitative estimate of drug-likeness (QED) is 0.923. The Labute approximate surface area is 125 Å². The third-order valence-electron chi connectivity index (χ3n) is 4.29. The molecule has 1 aliphatic carbocycles. The fourth-order valence-corrected chi connectivity index (χ4v) is 3.38. The van der Waals surface area contributed by atoms with Crippen LogP contribution in [0.3, 0.4) is 0 Å². The molecule has 0 bridgehead atoms. The van der Waals surface area contributed by atoms with Crippen molar-refractivity contribution in [1.29, 1.82) is 0 Å². The van der Waals surface area contributed by atoms with Crippen LogP contribution in [0.2, 0.25) is 0 Å². The van der Waals surface area contributed by atoms with Crippen molar-refractivity contribution in [2.45, 2.75) is 25.2 Å². The van der Waals surface area contributed by atoms with Crippen LogP contribution in [0.5, 0.6) is 17.2 Å². The van der Waals surface area contributed by atoms with Gasteiger partial charge in [0.1, 0.15) is 5.84 Å². The van der Waals surface area contributed by atoms with Gasteiger partial charge in [-0.05, 0) is 30.9 Å². The number of nitrogens with one attached hydrogen (secondary N) is 1. The van der Waals surface area contributed by atoms with E-state index in [1.54, 1.807) is 21.3 Å². The van der Waals surface area contributed by atoms with E-state index in [0.29, 0.717) is 11.7 Å². The molecule has 1 aromatic carbocycles. The van der Waals surface area contributed by atoms with Gasteiger partial charge >= 0.3 is 0 Å². The molecule has 1 atom stereocenters. The van der Waals surface area contributed by atoms with Gasteiger partial charge in [0.2, 0.25) is 5.75 Å². The zero-order valence-corrected chi connectivity index (χ0v) is 12.9. The predicted molar refractivity (Wildman–Crippen MR) is 82.1 cm³/mol. The molecular weight excluding hydrogens is 268 g/mol. The molecule has 0 radical (unpaired) electrons. The number of nitrogens with zero attached hydrogens (tertiary/aromatic N) is 1. The molecule has 21 heavy (non-hydrogen) atoms. The van der Waals surface area contributed by atoms with Crippen molar-refractivity contribution in [2.24, 2.45) is 4.99 Å². The molecule has 0 saturated carbocycles. The fraction of sp³-hybridized carbons (Fsp3) is 0.562. The van der Waals surface area contributed by atoms with Gasteiger partial charge in [-0.25, -0.2) is 0 Å². The molecule has 114 valence electrons. The number of hydrogen-bond donors (Lipinski definition) is 1. The smallest absolute Gasteiger partial charge is 0.203 e. The highest BCUT2D eigenvalue weighted by molar-refractivity contribution is 5.91. The van der Waals surface area contributed by atoms with E-state index in [4.69, 9.17) is 14.2 Å². The van der Waals surface area contributed by atoms with Crippen LogP contribution in [0.1, 0.15) is 29.9 Å². The second-order valence-electron chi connectivity index (χ2n) is 5.35. The Morgan fingerprint density at radius 2 is 1.95 bits per heavy atom. The summed E-state index contributed by atoms with van der Waals surface area (Å²) in [6.45, 7) is 1.80. The van der Waals surface area contributed by atoms with Gasteiger partial charge in [-0.3, -0.25) is 4.99 Å². The molecule has 0 spiro atoms. The predicted octanol–water partition coefficient (Wildman–Crippen LogP) is 2.13. The van der Waals surface area contributed by atoms with E-state index in [9.17, 15) is 0 Å². The van der Waals surface area contributed by atoms with Gasteiger partial charge in [0.15, 0.2) is 11.5 Å². The number of aliphatic imine (C=N–C) groups is 1. The summed E-state index contributed by atoms with van der Waals surface area (Å²) >= 11 is 0. The Bertz CT molecular complexity index is 569. The summed E-state index contributed by atoms with van der Waals surface area (Å²) < 4.78 is 16.6. The molecule has 1 aliphatic heterocycles. The third-order valence-corrected chi connectivity index (χ3v) is 4.29. The van der Waals surface area contributed by atoms with Crippen molar-refractivity contribution in [1.82, 2.24) is 5.32 Å². The Morgan fingerprint density at radius 1 is 1.14 bits per heavy atom. The molecule has 2 aliphatic rings. The van der Waals surface area contributed by atoms with Gasteiger partial charge in [0, 0.05) is 18.0 Å².